The van der Waals surface area contributed by atoms with Crippen LogP contribution in [0.1, 0.15) is 36.5 Å². The van der Waals surface area contributed by atoms with Crippen molar-refractivity contribution in [3.8, 4) is 0 Å². The van der Waals surface area contributed by atoms with Gasteiger partial charge in [0.05, 0.1) is 12.2 Å². The van der Waals surface area contributed by atoms with Crippen molar-refractivity contribution >= 4 is 34.6 Å². The Kier molecular flexibility index (Phi) is 6.32. The van der Waals surface area contributed by atoms with Crippen molar-refractivity contribution in [1.29, 1.82) is 0 Å². The van der Waals surface area contributed by atoms with Crippen molar-refractivity contribution in [2.24, 2.45) is 4.99 Å². The standard InChI is InChI=1S/C24H25N5OS/c1-17(2)20-8-6-19(7-9-20)14-22-23(30)29(21-10-4-18(3)5-11-21)24(27-22)31-13-12-28-16-25-15-26-28/h4-11,14-17H,12-13H2,1-3H3/b22-14-. The Morgan fingerprint density at radius 1 is 1.06 bits per heavy atom. The molecular formula is C24H25N5OS. The highest BCUT2D eigenvalue weighted by Gasteiger charge is 2.31. The van der Waals surface area contributed by atoms with Crippen molar-refractivity contribution in [2.75, 3.05) is 10.7 Å². The number of anilines is 1. The van der Waals surface area contributed by atoms with E-state index in [4.69, 9.17) is 4.99 Å². The van der Waals surface area contributed by atoms with Crippen LogP contribution in [0, 0.1) is 6.92 Å². The molecule has 0 unspecified atom stereocenters. The van der Waals surface area contributed by atoms with Crippen molar-refractivity contribution in [2.45, 2.75) is 33.2 Å². The molecule has 0 atom stereocenters. The molecule has 158 valence electrons. The topological polar surface area (TPSA) is 63.4 Å². The van der Waals surface area contributed by atoms with Crippen LogP contribution < -0.4 is 4.90 Å². The minimum absolute atomic E-state index is 0.111. The second kappa shape index (κ2) is 9.31. The molecule has 1 aliphatic rings. The SMILES string of the molecule is Cc1ccc(N2C(=O)/C(=C/c3ccc(C(C)C)cc3)N=C2SCCn2cncn2)cc1. The Hall–Kier alpha value is -3.19. The Morgan fingerprint density at radius 2 is 1.81 bits per heavy atom. The summed E-state index contributed by atoms with van der Waals surface area (Å²) < 4.78 is 1.77. The number of rotatable bonds is 6. The van der Waals surface area contributed by atoms with Gasteiger partial charge in [0, 0.05) is 5.75 Å². The number of thioether (sulfide) groups is 1. The molecule has 2 heterocycles. The van der Waals surface area contributed by atoms with E-state index in [2.05, 4.69) is 36.1 Å². The number of amidine groups is 1. The zero-order valence-electron chi connectivity index (χ0n) is 17.9. The number of benzene rings is 2. The Morgan fingerprint density at radius 3 is 2.45 bits per heavy atom. The molecule has 0 saturated heterocycles. The van der Waals surface area contributed by atoms with E-state index >= 15 is 0 Å². The summed E-state index contributed by atoms with van der Waals surface area (Å²) in [4.78, 5) is 23.6. The van der Waals surface area contributed by atoms with Crippen molar-refractivity contribution in [3.63, 3.8) is 0 Å². The van der Waals surface area contributed by atoms with Crippen LogP contribution in [0.25, 0.3) is 6.08 Å². The molecule has 6 nitrogen and oxygen atoms in total. The zero-order valence-corrected chi connectivity index (χ0v) is 18.7. The first-order valence-electron chi connectivity index (χ1n) is 10.3. The van der Waals surface area contributed by atoms with E-state index in [1.165, 1.54) is 23.7 Å². The highest BCUT2D eigenvalue weighted by Crippen LogP contribution is 2.30. The predicted octanol–water partition coefficient (Wildman–Crippen LogP) is 4.89. The van der Waals surface area contributed by atoms with Crippen molar-refractivity contribution in [1.82, 2.24) is 14.8 Å². The molecule has 3 aromatic rings. The molecule has 0 saturated carbocycles. The van der Waals surface area contributed by atoms with Crippen LogP contribution in [0.15, 0.2) is 71.9 Å². The zero-order chi connectivity index (χ0) is 21.8. The first kappa shape index (κ1) is 21.1. The number of aryl methyl sites for hydroxylation is 2. The highest BCUT2D eigenvalue weighted by atomic mass is 32.2. The first-order chi connectivity index (χ1) is 15.0. The molecule has 0 radical (unpaired) electrons. The Bertz CT molecular complexity index is 1100. The van der Waals surface area contributed by atoms with Gasteiger partial charge >= 0.3 is 0 Å². The predicted molar refractivity (Wildman–Crippen MR) is 127 cm³/mol. The lowest BCUT2D eigenvalue weighted by molar-refractivity contribution is -0.113. The molecule has 0 spiro atoms. The van der Waals surface area contributed by atoms with Crippen LogP contribution in [0.5, 0.6) is 0 Å². The lowest BCUT2D eigenvalue weighted by Gasteiger charge is -2.18. The average Bonchev–Trinajstić information content (AvgIpc) is 3.38. The highest BCUT2D eigenvalue weighted by molar-refractivity contribution is 8.14. The fourth-order valence-electron chi connectivity index (χ4n) is 3.23. The Labute approximate surface area is 186 Å². The lowest BCUT2D eigenvalue weighted by Crippen LogP contribution is -2.30. The van der Waals surface area contributed by atoms with Gasteiger partial charge in [-0.3, -0.25) is 14.4 Å². The van der Waals surface area contributed by atoms with Crippen LogP contribution in [-0.2, 0) is 11.3 Å². The van der Waals surface area contributed by atoms with Crippen molar-refractivity contribution in [3.05, 3.63) is 83.6 Å². The summed E-state index contributed by atoms with van der Waals surface area (Å²) in [5, 5.41) is 4.81. The minimum Gasteiger partial charge on any atom is -0.266 e. The molecule has 2 aromatic carbocycles. The molecule has 31 heavy (non-hydrogen) atoms. The smallest absolute Gasteiger partial charge is 0.266 e. The number of hydrogen-bond donors (Lipinski definition) is 0. The second-order valence-corrected chi connectivity index (χ2v) is 8.79. The van der Waals surface area contributed by atoms with Gasteiger partial charge in [-0.1, -0.05) is 67.6 Å². The van der Waals surface area contributed by atoms with E-state index in [9.17, 15) is 4.79 Å². The van der Waals surface area contributed by atoms with Gasteiger partial charge in [-0.2, -0.15) is 5.10 Å². The number of aromatic nitrogens is 3. The van der Waals surface area contributed by atoms with Crippen LogP contribution in [-0.4, -0.2) is 31.6 Å². The summed E-state index contributed by atoms with van der Waals surface area (Å²) in [7, 11) is 0. The van der Waals surface area contributed by atoms with Gasteiger partial charge < -0.3 is 0 Å². The van der Waals surface area contributed by atoms with Crippen LogP contribution >= 0.6 is 11.8 Å². The third-order valence-corrected chi connectivity index (χ3v) is 5.97. The lowest BCUT2D eigenvalue weighted by atomic mass is 10.0. The molecular weight excluding hydrogens is 406 g/mol. The maximum absolute atomic E-state index is 13.3. The maximum atomic E-state index is 13.3. The van der Waals surface area contributed by atoms with Gasteiger partial charge in [0.25, 0.3) is 5.91 Å². The Balaban J connectivity index is 1.59. The quantitative estimate of drug-likeness (QED) is 0.522. The largest absolute Gasteiger partial charge is 0.283 e. The fourth-order valence-corrected chi connectivity index (χ4v) is 4.17. The molecule has 0 aliphatic carbocycles. The van der Waals surface area contributed by atoms with E-state index in [0.29, 0.717) is 23.3 Å². The number of aliphatic imine (C=N–C) groups is 1. The molecule has 0 bridgehead atoms. The van der Waals surface area contributed by atoms with Gasteiger partial charge in [0.1, 0.15) is 18.4 Å². The van der Waals surface area contributed by atoms with E-state index in [-0.39, 0.29) is 5.91 Å². The molecule has 1 amide bonds. The number of carbonyl (C=O) groups excluding carboxylic acids is 1. The first-order valence-corrected chi connectivity index (χ1v) is 11.3. The van der Waals surface area contributed by atoms with Crippen LogP contribution in [0.4, 0.5) is 5.69 Å². The molecule has 7 heteroatoms. The summed E-state index contributed by atoms with van der Waals surface area (Å²) in [6.45, 7) is 7.06. The third-order valence-electron chi connectivity index (χ3n) is 5.05. The number of nitrogens with zero attached hydrogens (tertiary/aromatic N) is 5. The average molecular weight is 432 g/mol. The molecule has 1 aliphatic heterocycles. The number of amides is 1. The van der Waals surface area contributed by atoms with E-state index < -0.39 is 0 Å². The molecule has 4 rings (SSSR count). The van der Waals surface area contributed by atoms with Gasteiger partial charge in [0.15, 0.2) is 5.17 Å². The number of carbonyl (C=O) groups is 1. The molecule has 0 N–H and O–H groups in total. The van der Waals surface area contributed by atoms with E-state index in [1.54, 1.807) is 15.9 Å². The summed E-state index contributed by atoms with van der Waals surface area (Å²) in [5.41, 5.74) is 4.65. The maximum Gasteiger partial charge on any atom is 0.283 e. The van der Waals surface area contributed by atoms with E-state index in [1.807, 2.05) is 49.4 Å². The number of hydrogen-bond acceptors (Lipinski definition) is 5. The summed E-state index contributed by atoms with van der Waals surface area (Å²) in [6, 6.07) is 16.2. The fraction of sp³-hybridized carbons (Fsp3) is 0.250. The summed E-state index contributed by atoms with van der Waals surface area (Å²) in [5.74, 6) is 1.09. The van der Waals surface area contributed by atoms with Gasteiger partial charge in [-0.25, -0.2) is 9.98 Å². The van der Waals surface area contributed by atoms with Gasteiger partial charge in [-0.05, 0) is 42.2 Å². The van der Waals surface area contributed by atoms with Gasteiger partial charge in [-0.15, -0.1) is 0 Å². The van der Waals surface area contributed by atoms with Crippen LogP contribution in [0.2, 0.25) is 0 Å². The monoisotopic (exact) mass is 431 g/mol. The minimum atomic E-state index is -0.111. The normalized spacial score (nSPS) is 15.2. The van der Waals surface area contributed by atoms with Gasteiger partial charge in [0.2, 0.25) is 0 Å². The molecule has 0 fully saturated rings. The van der Waals surface area contributed by atoms with E-state index in [0.717, 1.165) is 22.6 Å². The van der Waals surface area contributed by atoms with Crippen LogP contribution in [0.3, 0.4) is 0 Å². The second-order valence-electron chi connectivity index (χ2n) is 7.73. The van der Waals surface area contributed by atoms with Crippen molar-refractivity contribution < 1.29 is 4.79 Å². The summed E-state index contributed by atoms with van der Waals surface area (Å²) in [6.07, 6.45) is 5.07. The third kappa shape index (κ3) is 4.94. The molecule has 1 aromatic heterocycles. The summed E-state index contributed by atoms with van der Waals surface area (Å²) >= 11 is 1.54.